The molecule has 0 fully saturated rings. The minimum absolute atomic E-state index is 0.0173. The van der Waals surface area contributed by atoms with Crippen molar-refractivity contribution >= 4 is 11.4 Å². The van der Waals surface area contributed by atoms with Crippen LogP contribution in [0.1, 0.15) is 23.5 Å². The van der Waals surface area contributed by atoms with Gasteiger partial charge in [-0.25, -0.2) is 8.78 Å². The lowest BCUT2D eigenvalue weighted by molar-refractivity contribution is 0.108. The van der Waals surface area contributed by atoms with Gasteiger partial charge in [-0.2, -0.15) is 0 Å². The summed E-state index contributed by atoms with van der Waals surface area (Å²) in [6.45, 7) is 0. The van der Waals surface area contributed by atoms with E-state index >= 15 is 0 Å². The highest BCUT2D eigenvalue weighted by Crippen LogP contribution is 2.46. The van der Waals surface area contributed by atoms with E-state index in [2.05, 4.69) is 6.07 Å². The summed E-state index contributed by atoms with van der Waals surface area (Å²) >= 11 is 0. The van der Waals surface area contributed by atoms with E-state index in [4.69, 9.17) is 0 Å². The Bertz CT molecular complexity index is 833. The van der Waals surface area contributed by atoms with E-state index in [9.17, 15) is 8.78 Å². The maximum absolute atomic E-state index is 14.0. The van der Waals surface area contributed by atoms with Crippen LogP contribution >= 0.6 is 0 Å². The summed E-state index contributed by atoms with van der Waals surface area (Å²) in [6, 6.07) is 26.5. The Morgan fingerprint density at radius 1 is 0.760 bits per heavy atom. The van der Waals surface area contributed by atoms with E-state index in [0.717, 1.165) is 22.5 Å². The smallest absolute Gasteiger partial charge is 0.259 e. The second kappa shape index (κ2) is 6.67. The number of rotatable bonds is 3. The molecule has 126 valence electrons. The van der Waals surface area contributed by atoms with Gasteiger partial charge in [-0.15, -0.1) is 0 Å². The van der Waals surface area contributed by atoms with Gasteiger partial charge in [0.1, 0.15) is 0 Å². The van der Waals surface area contributed by atoms with Gasteiger partial charge in [0.2, 0.25) is 0 Å². The minimum atomic E-state index is -2.42. The molecule has 2 unspecified atom stereocenters. The van der Waals surface area contributed by atoms with Crippen LogP contribution < -0.4 is 4.90 Å². The topological polar surface area (TPSA) is 3.24 Å². The van der Waals surface area contributed by atoms with Crippen molar-refractivity contribution in [3.05, 3.63) is 96.1 Å². The van der Waals surface area contributed by atoms with Crippen LogP contribution in [0.5, 0.6) is 0 Å². The van der Waals surface area contributed by atoms with Gasteiger partial charge in [0.25, 0.3) is 6.43 Å². The molecule has 1 nitrogen and oxygen atoms in total. The second-order valence-corrected chi connectivity index (χ2v) is 6.37. The summed E-state index contributed by atoms with van der Waals surface area (Å²) in [5.41, 5.74) is 3.88. The molecule has 0 saturated carbocycles. The van der Waals surface area contributed by atoms with Gasteiger partial charge < -0.3 is 4.90 Å². The van der Waals surface area contributed by atoms with E-state index in [1.807, 2.05) is 78.9 Å². The van der Waals surface area contributed by atoms with Crippen molar-refractivity contribution in [2.75, 3.05) is 4.90 Å². The van der Waals surface area contributed by atoms with Crippen LogP contribution in [0.15, 0.2) is 84.9 Å². The molecule has 0 aliphatic carbocycles. The number of hydrogen-bond acceptors (Lipinski definition) is 1. The van der Waals surface area contributed by atoms with Crippen LogP contribution in [-0.2, 0) is 0 Å². The van der Waals surface area contributed by atoms with Gasteiger partial charge in [0.15, 0.2) is 0 Å². The Labute approximate surface area is 146 Å². The Morgan fingerprint density at radius 3 is 2.04 bits per heavy atom. The zero-order chi connectivity index (χ0) is 17.2. The van der Waals surface area contributed by atoms with Crippen molar-refractivity contribution in [3.63, 3.8) is 0 Å². The normalized spacial score (nSPS) is 19.7. The molecule has 0 N–H and O–H groups in total. The SMILES string of the molecule is FC(F)C1CC(c2ccccc2)c2ccccc2N1c1ccccc1. The van der Waals surface area contributed by atoms with Crippen LogP contribution in [0.25, 0.3) is 0 Å². The number of nitrogens with zero attached hydrogens (tertiary/aromatic N) is 1. The van der Waals surface area contributed by atoms with E-state index in [0.29, 0.717) is 6.42 Å². The van der Waals surface area contributed by atoms with Crippen LogP contribution in [0, 0.1) is 0 Å². The van der Waals surface area contributed by atoms with Crippen LogP contribution in [0.3, 0.4) is 0 Å². The molecular formula is C22H19F2N. The number of alkyl halides is 2. The summed E-state index contributed by atoms with van der Waals surface area (Å²) in [7, 11) is 0. The molecule has 2 atom stereocenters. The maximum Gasteiger partial charge on any atom is 0.259 e. The highest BCUT2D eigenvalue weighted by Gasteiger charge is 2.38. The number of fused-ring (bicyclic) bond motifs is 1. The lowest BCUT2D eigenvalue weighted by Crippen LogP contribution is -2.42. The zero-order valence-corrected chi connectivity index (χ0v) is 13.7. The molecule has 0 bridgehead atoms. The summed E-state index contributed by atoms with van der Waals surface area (Å²) in [5, 5.41) is 0. The molecule has 3 aromatic rings. The highest BCUT2D eigenvalue weighted by atomic mass is 19.3. The quantitative estimate of drug-likeness (QED) is 0.568. The number of benzene rings is 3. The molecule has 1 heterocycles. The van der Waals surface area contributed by atoms with E-state index in [1.54, 1.807) is 4.90 Å². The predicted molar refractivity (Wildman–Crippen MR) is 97.7 cm³/mol. The molecule has 3 aromatic carbocycles. The number of halogens is 2. The number of anilines is 2. The Morgan fingerprint density at radius 2 is 1.36 bits per heavy atom. The molecule has 1 aliphatic rings. The first-order valence-electron chi connectivity index (χ1n) is 8.52. The van der Waals surface area contributed by atoms with Crippen LogP contribution in [-0.4, -0.2) is 12.5 Å². The third kappa shape index (κ3) is 2.91. The highest BCUT2D eigenvalue weighted by molar-refractivity contribution is 5.71. The van der Waals surface area contributed by atoms with E-state index < -0.39 is 12.5 Å². The van der Waals surface area contributed by atoms with E-state index in [1.165, 1.54) is 0 Å². The first-order chi connectivity index (χ1) is 12.3. The fourth-order valence-electron chi connectivity index (χ4n) is 3.79. The van der Waals surface area contributed by atoms with Gasteiger partial charge in [0.05, 0.1) is 6.04 Å². The fourth-order valence-corrected chi connectivity index (χ4v) is 3.79. The number of hydrogen-bond donors (Lipinski definition) is 0. The molecule has 0 radical (unpaired) electrons. The molecule has 0 amide bonds. The molecule has 3 heteroatoms. The number of para-hydroxylation sites is 2. The first-order valence-corrected chi connectivity index (χ1v) is 8.52. The van der Waals surface area contributed by atoms with Crippen LogP contribution in [0.4, 0.5) is 20.2 Å². The third-order valence-corrected chi connectivity index (χ3v) is 4.91. The van der Waals surface area contributed by atoms with Crippen molar-refractivity contribution in [2.24, 2.45) is 0 Å². The van der Waals surface area contributed by atoms with Gasteiger partial charge in [-0.1, -0.05) is 66.7 Å². The van der Waals surface area contributed by atoms with Crippen molar-refractivity contribution in [1.82, 2.24) is 0 Å². The summed E-state index contributed by atoms with van der Waals surface area (Å²) in [4.78, 5) is 1.80. The van der Waals surface area contributed by atoms with Crippen molar-refractivity contribution in [2.45, 2.75) is 24.8 Å². The van der Waals surface area contributed by atoms with E-state index in [-0.39, 0.29) is 5.92 Å². The van der Waals surface area contributed by atoms with Gasteiger partial charge >= 0.3 is 0 Å². The second-order valence-electron chi connectivity index (χ2n) is 6.37. The fraction of sp³-hybridized carbons (Fsp3) is 0.182. The largest absolute Gasteiger partial charge is 0.332 e. The minimum Gasteiger partial charge on any atom is -0.332 e. The Kier molecular flexibility index (Phi) is 4.22. The third-order valence-electron chi connectivity index (χ3n) is 4.91. The lowest BCUT2D eigenvalue weighted by Gasteiger charge is -2.42. The van der Waals surface area contributed by atoms with Crippen molar-refractivity contribution in [1.29, 1.82) is 0 Å². The van der Waals surface area contributed by atoms with Crippen LogP contribution in [0.2, 0.25) is 0 Å². The molecule has 0 saturated heterocycles. The van der Waals surface area contributed by atoms with Gasteiger partial charge in [-0.05, 0) is 35.7 Å². The molecule has 1 aliphatic heterocycles. The Hall–Kier alpha value is -2.68. The van der Waals surface area contributed by atoms with Gasteiger partial charge in [0, 0.05) is 17.3 Å². The summed E-state index contributed by atoms with van der Waals surface area (Å²) < 4.78 is 28.0. The lowest BCUT2D eigenvalue weighted by atomic mass is 9.81. The average molecular weight is 335 g/mol. The zero-order valence-electron chi connectivity index (χ0n) is 13.7. The first kappa shape index (κ1) is 15.8. The van der Waals surface area contributed by atoms with Crippen molar-refractivity contribution < 1.29 is 8.78 Å². The maximum atomic E-state index is 14.0. The molecule has 0 aromatic heterocycles. The average Bonchev–Trinajstić information content (AvgIpc) is 2.68. The molecule has 4 rings (SSSR count). The van der Waals surface area contributed by atoms with Crippen molar-refractivity contribution in [3.8, 4) is 0 Å². The van der Waals surface area contributed by atoms with Gasteiger partial charge in [-0.3, -0.25) is 0 Å². The summed E-state index contributed by atoms with van der Waals surface area (Å²) in [5.74, 6) is -0.0173. The predicted octanol–water partition coefficient (Wildman–Crippen LogP) is 5.99. The standard InChI is InChI=1S/C22H19F2N/c23-22(24)21-15-19(16-9-3-1-4-10-16)18-13-7-8-14-20(18)25(21)17-11-5-2-6-12-17/h1-14,19,21-22H,15H2. The molecule has 25 heavy (non-hydrogen) atoms. The molecule has 0 spiro atoms. The summed E-state index contributed by atoms with van der Waals surface area (Å²) in [6.07, 6.45) is -2.02. The Balaban J connectivity index is 1.87. The molecular weight excluding hydrogens is 316 g/mol. The monoisotopic (exact) mass is 335 g/mol.